The fraction of sp³-hybridized carbons (Fsp3) is 0.474. The van der Waals surface area contributed by atoms with Crippen molar-refractivity contribution < 1.29 is 5.11 Å². The lowest BCUT2D eigenvalue weighted by atomic mass is 9.95. The average Bonchev–Trinajstić information content (AvgIpc) is 2.59. The molecule has 0 radical (unpaired) electrons. The molecular formula is C19H26N4O. The van der Waals surface area contributed by atoms with Gasteiger partial charge in [0.05, 0.1) is 12.6 Å². The summed E-state index contributed by atoms with van der Waals surface area (Å²) in [6, 6.07) is 11.0. The zero-order chi connectivity index (χ0) is 17.1. The standard InChI is InChI=1S/C19H26N4O/c1-13(2)17(11-24)22-18-9-19(21-12-20-18)23-10-16-7-5-4-6-15(16)8-14(23)3/h4-7,9,12-14,17,24H,8,10-11H2,1-3H3,(H,20,21,22)/t14-,17-/m0/s1. The number of anilines is 2. The molecule has 2 heterocycles. The number of nitrogens with zero attached hydrogens (tertiary/aromatic N) is 3. The summed E-state index contributed by atoms with van der Waals surface area (Å²) in [5, 5.41) is 12.8. The Balaban J connectivity index is 1.81. The number of rotatable bonds is 5. The van der Waals surface area contributed by atoms with Crippen LogP contribution in [0.4, 0.5) is 11.6 Å². The van der Waals surface area contributed by atoms with Crippen molar-refractivity contribution in [2.75, 3.05) is 16.8 Å². The van der Waals surface area contributed by atoms with Crippen LogP contribution in [0.15, 0.2) is 36.7 Å². The van der Waals surface area contributed by atoms with Crippen LogP contribution in [0.5, 0.6) is 0 Å². The Morgan fingerprint density at radius 3 is 2.71 bits per heavy atom. The van der Waals surface area contributed by atoms with E-state index < -0.39 is 0 Å². The van der Waals surface area contributed by atoms with E-state index in [4.69, 9.17) is 0 Å². The maximum absolute atomic E-state index is 9.51. The summed E-state index contributed by atoms with van der Waals surface area (Å²) in [5.74, 6) is 2.02. The van der Waals surface area contributed by atoms with Crippen LogP contribution in [-0.2, 0) is 13.0 Å². The first kappa shape index (κ1) is 16.7. The Hall–Kier alpha value is -2.14. The fourth-order valence-electron chi connectivity index (χ4n) is 3.18. The molecule has 0 aliphatic carbocycles. The summed E-state index contributed by atoms with van der Waals surface area (Å²) < 4.78 is 0. The summed E-state index contributed by atoms with van der Waals surface area (Å²) in [4.78, 5) is 11.1. The zero-order valence-corrected chi connectivity index (χ0v) is 14.6. The van der Waals surface area contributed by atoms with E-state index in [2.05, 4.69) is 65.2 Å². The minimum atomic E-state index is -0.00717. The van der Waals surface area contributed by atoms with Crippen LogP contribution in [0.3, 0.4) is 0 Å². The number of fused-ring (bicyclic) bond motifs is 1. The minimum Gasteiger partial charge on any atom is -0.394 e. The van der Waals surface area contributed by atoms with Crippen molar-refractivity contribution in [3.05, 3.63) is 47.8 Å². The van der Waals surface area contributed by atoms with Crippen LogP contribution >= 0.6 is 0 Å². The maximum atomic E-state index is 9.51. The summed E-state index contributed by atoms with van der Waals surface area (Å²) >= 11 is 0. The van der Waals surface area contributed by atoms with Gasteiger partial charge in [0.2, 0.25) is 0 Å². The van der Waals surface area contributed by atoms with Crippen LogP contribution < -0.4 is 10.2 Å². The van der Waals surface area contributed by atoms with E-state index >= 15 is 0 Å². The van der Waals surface area contributed by atoms with Gasteiger partial charge in [0, 0.05) is 18.7 Å². The highest BCUT2D eigenvalue weighted by molar-refractivity contribution is 5.52. The summed E-state index contributed by atoms with van der Waals surface area (Å²) in [6.07, 6.45) is 2.62. The molecule has 0 amide bonds. The molecule has 2 N–H and O–H groups in total. The van der Waals surface area contributed by atoms with Gasteiger partial charge in [-0.3, -0.25) is 0 Å². The highest BCUT2D eigenvalue weighted by Gasteiger charge is 2.24. The number of nitrogens with one attached hydrogen (secondary N) is 1. The van der Waals surface area contributed by atoms with Gasteiger partial charge in [0.15, 0.2) is 0 Å². The fourth-order valence-corrected chi connectivity index (χ4v) is 3.18. The first-order valence-electron chi connectivity index (χ1n) is 8.61. The summed E-state index contributed by atoms with van der Waals surface area (Å²) in [5.41, 5.74) is 2.79. The molecule has 0 fully saturated rings. The lowest BCUT2D eigenvalue weighted by molar-refractivity contribution is 0.249. The molecule has 5 nitrogen and oxygen atoms in total. The first-order valence-corrected chi connectivity index (χ1v) is 8.61. The highest BCUT2D eigenvalue weighted by Crippen LogP contribution is 2.28. The number of aliphatic hydroxyl groups is 1. The molecule has 0 bridgehead atoms. The third-order valence-corrected chi connectivity index (χ3v) is 4.79. The first-order chi connectivity index (χ1) is 11.6. The van der Waals surface area contributed by atoms with Gasteiger partial charge in [-0.25, -0.2) is 9.97 Å². The molecule has 0 saturated carbocycles. The van der Waals surface area contributed by atoms with Crippen molar-refractivity contribution in [2.24, 2.45) is 5.92 Å². The molecule has 0 saturated heterocycles. The largest absolute Gasteiger partial charge is 0.394 e. The second-order valence-electron chi connectivity index (χ2n) is 6.89. The van der Waals surface area contributed by atoms with E-state index in [1.54, 1.807) is 6.33 Å². The summed E-state index contributed by atoms with van der Waals surface area (Å²) in [6.45, 7) is 7.35. The van der Waals surface area contributed by atoms with Crippen LogP contribution in [-0.4, -0.2) is 33.8 Å². The number of aliphatic hydroxyl groups excluding tert-OH is 1. The van der Waals surface area contributed by atoms with Gasteiger partial charge in [-0.2, -0.15) is 0 Å². The number of hydrogen-bond donors (Lipinski definition) is 2. The van der Waals surface area contributed by atoms with E-state index in [1.165, 1.54) is 11.1 Å². The molecule has 24 heavy (non-hydrogen) atoms. The van der Waals surface area contributed by atoms with Gasteiger partial charge in [-0.15, -0.1) is 0 Å². The molecule has 1 aliphatic rings. The van der Waals surface area contributed by atoms with Gasteiger partial charge >= 0.3 is 0 Å². The van der Waals surface area contributed by atoms with E-state index in [0.29, 0.717) is 12.0 Å². The second kappa shape index (κ2) is 7.18. The predicted molar refractivity (Wildman–Crippen MR) is 97.2 cm³/mol. The monoisotopic (exact) mass is 326 g/mol. The predicted octanol–water partition coefficient (Wildman–Crippen LogP) is 2.86. The van der Waals surface area contributed by atoms with Crippen LogP contribution in [0.1, 0.15) is 31.9 Å². The van der Waals surface area contributed by atoms with Crippen molar-refractivity contribution in [1.82, 2.24) is 9.97 Å². The molecular weight excluding hydrogens is 300 g/mol. The normalized spacial score (nSPS) is 18.4. The van der Waals surface area contributed by atoms with Gasteiger partial charge in [0.25, 0.3) is 0 Å². The lowest BCUT2D eigenvalue weighted by Crippen LogP contribution is -2.39. The van der Waals surface area contributed by atoms with Crippen molar-refractivity contribution in [1.29, 1.82) is 0 Å². The number of aromatic nitrogens is 2. The molecule has 128 valence electrons. The molecule has 0 unspecified atom stereocenters. The van der Waals surface area contributed by atoms with Gasteiger partial charge in [-0.05, 0) is 30.4 Å². The highest BCUT2D eigenvalue weighted by atomic mass is 16.3. The molecule has 0 spiro atoms. The Morgan fingerprint density at radius 2 is 2.00 bits per heavy atom. The SMILES string of the molecule is CC(C)[C@H](CO)Nc1cc(N2Cc3ccccc3C[C@@H]2C)ncn1. The Morgan fingerprint density at radius 1 is 1.25 bits per heavy atom. The van der Waals surface area contributed by atoms with Crippen molar-refractivity contribution in [3.63, 3.8) is 0 Å². The third-order valence-electron chi connectivity index (χ3n) is 4.79. The summed E-state index contributed by atoms with van der Waals surface area (Å²) in [7, 11) is 0. The molecule has 1 aromatic heterocycles. The Kier molecular flexibility index (Phi) is 5.00. The van der Waals surface area contributed by atoms with E-state index in [1.807, 2.05) is 6.07 Å². The molecule has 1 aromatic carbocycles. The van der Waals surface area contributed by atoms with Crippen LogP contribution in [0.25, 0.3) is 0 Å². The van der Waals surface area contributed by atoms with Crippen molar-refractivity contribution in [2.45, 2.75) is 45.8 Å². The maximum Gasteiger partial charge on any atom is 0.134 e. The van der Waals surface area contributed by atoms with Crippen LogP contribution in [0.2, 0.25) is 0 Å². The van der Waals surface area contributed by atoms with E-state index in [0.717, 1.165) is 24.6 Å². The van der Waals surface area contributed by atoms with Gasteiger partial charge < -0.3 is 15.3 Å². The third kappa shape index (κ3) is 3.51. The van der Waals surface area contributed by atoms with E-state index in [-0.39, 0.29) is 12.6 Å². The quantitative estimate of drug-likeness (QED) is 0.885. The second-order valence-corrected chi connectivity index (χ2v) is 6.89. The molecule has 1 aliphatic heterocycles. The number of benzene rings is 1. The molecule has 5 heteroatoms. The zero-order valence-electron chi connectivity index (χ0n) is 14.6. The number of hydrogen-bond acceptors (Lipinski definition) is 5. The van der Waals surface area contributed by atoms with Crippen molar-refractivity contribution >= 4 is 11.6 Å². The molecule has 3 rings (SSSR count). The Labute approximate surface area is 143 Å². The Bertz CT molecular complexity index is 689. The topological polar surface area (TPSA) is 61.3 Å². The minimum absolute atomic E-state index is 0.00717. The lowest BCUT2D eigenvalue weighted by Gasteiger charge is -2.36. The van der Waals surface area contributed by atoms with E-state index in [9.17, 15) is 5.11 Å². The smallest absolute Gasteiger partial charge is 0.134 e. The average molecular weight is 326 g/mol. The van der Waals surface area contributed by atoms with Gasteiger partial charge in [-0.1, -0.05) is 38.1 Å². The molecule has 2 aromatic rings. The van der Waals surface area contributed by atoms with Crippen LogP contribution in [0, 0.1) is 5.92 Å². The van der Waals surface area contributed by atoms with Gasteiger partial charge in [0.1, 0.15) is 18.0 Å². The van der Waals surface area contributed by atoms with Crippen molar-refractivity contribution in [3.8, 4) is 0 Å². The molecule has 2 atom stereocenters.